The molecule has 3 aromatic carbocycles. The molecule has 0 saturated carbocycles. The molecule has 34 heavy (non-hydrogen) atoms. The summed E-state index contributed by atoms with van der Waals surface area (Å²) in [7, 11) is -3.65. The van der Waals surface area contributed by atoms with Crippen molar-refractivity contribution in [2.45, 2.75) is 11.8 Å². The van der Waals surface area contributed by atoms with E-state index in [0.29, 0.717) is 18.8 Å². The van der Waals surface area contributed by atoms with Gasteiger partial charge in [0.2, 0.25) is 10.0 Å². The third kappa shape index (κ3) is 4.22. The number of hydrogen-bond donors (Lipinski definition) is 1. The zero-order valence-corrected chi connectivity index (χ0v) is 19.3. The van der Waals surface area contributed by atoms with Crippen molar-refractivity contribution in [3.8, 4) is 5.69 Å². The number of benzene rings is 3. The summed E-state index contributed by atoms with van der Waals surface area (Å²) in [4.78, 5) is 14.8. The highest BCUT2D eigenvalue weighted by molar-refractivity contribution is 7.89. The minimum absolute atomic E-state index is 0.228. The zero-order chi connectivity index (χ0) is 23.7. The van der Waals surface area contributed by atoms with Crippen LogP contribution in [0.15, 0.2) is 71.9 Å². The lowest BCUT2D eigenvalue weighted by Gasteiger charge is -2.34. The van der Waals surface area contributed by atoms with Crippen LogP contribution in [0.25, 0.3) is 16.5 Å². The summed E-state index contributed by atoms with van der Waals surface area (Å²) in [5, 5.41) is 15.9. The van der Waals surface area contributed by atoms with Crippen LogP contribution in [0.2, 0.25) is 0 Å². The maximum atomic E-state index is 13.2. The highest BCUT2D eigenvalue weighted by Crippen LogP contribution is 2.24. The van der Waals surface area contributed by atoms with Gasteiger partial charge >= 0.3 is 6.03 Å². The molecule has 10 nitrogen and oxygen atoms in total. The summed E-state index contributed by atoms with van der Waals surface area (Å²) in [5.74, 6) is 0. The number of amides is 2. The van der Waals surface area contributed by atoms with E-state index in [9.17, 15) is 13.2 Å². The summed E-state index contributed by atoms with van der Waals surface area (Å²) >= 11 is 0. The molecule has 0 bridgehead atoms. The molecule has 2 heterocycles. The number of carbonyl (C=O) groups excluding carboxylic acids is 1. The summed E-state index contributed by atoms with van der Waals surface area (Å²) in [6, 6.07) is 18.1. The van der Waals surface area contributed by atoms with Crippen molar-refractivity contribution in [1.29, 1.82) is 0 Å². The van der Waals surface area contributed by atoms with Gasteiger partial charge in [-0.25, -0.2) is 17.9 Å². The van der Waals surface area contributed by atoms with E-state index in [-0.39, 0.29) is 24.0 Å². The van der Waals surface area contributed by atoms with Crippen LogP contribution in [-0.2, 0) is 10.0 Å². The van der Waals surface area contributed by atoms with Gasteiger partial charge in [-0.3, -0.25) is 0 Å². The third-order valence-corrected chi connectivity index (χ3v) is 7.86. The van der Waals surface area contributed by atoms with Crippen LogP contribution in [0.1, 0.15) is 5.56 Å². The van der Waals surface area contributed by atoms with Gasteiger partial charge < -0.3 is 10.2 Å². The topological polar surface area (TPSA) is 113 Å². The molecule has 1 fully saturated rings. The Bertz CT molecular complexity index is 1450. The van der Waals surface area contributed by atoms with E-state index < -0.39 is 10.0 Å². The van der Waals surface area contributed by atoms with Gasteiger partial charge in [0, 0.05) is 31.9 Å². The highest BCUT2D eigenvalue weighted by atomic mass is 32.2. The molecule has 1 N–H and O–H groups in total. The Labute approximate surface area is 196 Å². The minimum atomic E-state index is -3.65. The number of urea groups is 1. The third-order valence-electron chi connectivity index (χ3n) is 5.96. The van der Waals surface area contributed by atoms with Gasteiger partial charge in [0.05, 0.1) is 10.6 Å². The predicted octanol–water partition coefficient (Wildman–Crippen LogP) is 2.66. The Morgan fingerprint density at radius 1 is 0.941 bits per heavy atom. The number of nitrogens with zero attached hydrogens (tertiary/aromatic N) is 6. The van der Waals surface area contributed by atoms with E-state index >= 15 is 0 Å². The molecule has 1 saturated heterocycles. The highest BCUT2D eigenvalue weighted by Gasteiger charge is 2.30. The van der Waals surface area contributed by atoms with Crippen molar-refractivity contribution in [2.24, 2.45) is 0 Å². The minimum Gasteiger partial charge on any atom is -0.322 e. The first-order valence-corrected chi connectivity index (χ1v) is 12.2. The molecular weight excluding hydrogens is 454 g/mol. The molecule has 11 heteroatoms. The number of hydrogen-bond acceptors (Lipinski definition) is 6. The van der Waals surface area contributed by atoms with Gasteiger partial charge in [0.1, 0.15) is 6.33 Å². The van der Waals surface area contributed by atoms with E-state index in [1.54, 1.807) is 23.1 Å². The van der Waals surface area contributed by atoms with Crippen molar-refractivity contribution in [2.75, 3.05) is 31.5 Å². The first-order valence-electron chi connectivity index (χ1n) is 10.8. The van der Waals surface area contributed by atoms with Crippen LogP contribution >= 0.6 is 0 Å². The van der Waals surface area contributed by atoms with E-state index in [1.165, 1.54) is 15.3 Å². The maximum absolute atomic E-state index is 13.2. The van der Waals surface area contributed by atoms with Crippen molar-refractivity contribution in [1.82, 2.24) is 29.4 Å². The maximum Gasteiger partial charge on any atom is 0.321 e. The first kappa shape index (κ1) is 22.0. The second-order valence-electron chi connectivity index (χ2n) is 8.08. The number of piperazine rings is 1. The standard InChI is InChI=1S/C23H23N7O3S/c1-17-6-8-20(30-16-24-26-27-30)15-22(17)25-23(31)28-10-12-29(13-11-28)34(32,33)21-9-7-18-4-2-3-5-19(18)14-21/h2-9,14-16H,10-13H2,1H3,(H,25,31). The largest absolute Gasteiger partial charge is 0.322 e. The molecule has 1 aliphatic rings. The molecule has 174 valence electrons. The van der Waals surface area contributed by atoms with Crippen molar-refractivity contribution in [3.05, 3.63) is 72.6 Å². The molecule has 2 amide bonds. The number of carbonyl (C=O) groups is 1. The van der Waals surface area contributed by atoms with Crippen molar-refractivity contribution >= 4 is 32.5 Å². The molecule has 0 spiro atoms. The van der Waals surface area contributed by atoms with E-state index in [4.69, 9.17) is 0 Å². The number of rotatable bonds is 4. The van der Waals surface area contributed by atoms with Crippen molar-refractivity contribution in [3.63, 3.8) is 0 Å². The van der Waals surface area contributed by atoms with Crippen LogP contribution in [0.4, 0.5) is 10.5 Å². The summed E-state index contributed by atoms with van der Waals surface area (Å²) in [6.45, 7) is 2.94. The SMILES string of the molecule is Cc1ccc(-n2cnnn2)cc1NC(=O)N1CCN(S(=O)(=O)c2ccc3ccccc3c2)CC1. The van der Waals surface area contributed by atoms with Gasteiger partial charge in [0.25, 0.3) is 0 Å². The molecule has 4 aromatic rings. The normalized spacial score (nSPS) is 14.9. The van der Waals surface area contributed by atoms with Gasteiger partial charge in [-0.05, 0) is 58.0 Å². The Balaban J connectivity index is 1.26. The number of anilines is 1. The lowest BCUT2D eigenvalue weighted by atomic mass is 10.1. The molecule has 1 aliphatic heterocycles. The van der Waals surface area contributed by atoms with E-state index in [0.717, 1.165) is 22.0 Å². The monoisotopic (exact) mass is 477 g/mol. The fraction of sp³-hybridized carbons (Fsp3) is 0.217. The van der Waals surface area contributed by atoms with E-state index in [2.05, 4.69) is 20.8 Å². The van der Waals surface area contributed by atoms with Crippen LogP contribution in [0.3, 0.4) is 0 Å². The Morgan fingerprint density at radius 2 is 1.71 bits per heavy atom. The van der Waals surface area contributed by atoms with Crippen LogP contribution < -0.4 is 5.32 Å². The van der Waals surface area contributed by atoms with Crippen LogP contribution in [-0.4, -0.2) is 70.0 Å². The molecular formula is C23H23N7O3S. The number of aryl methyl sites for hydroxylation is 1. The second-order valence-corrected chi connectivity index (χ2v) is 10.0. The molecule has 0 atom stereocenters. The number of fused-ring (bicyclic) bond motifs is 1. The Hall–Kier alpha value is -3.83. The van der Waals surface area contributed by atoms with Gasteiger partial charge in [-0.15, -0.1) is 5.10 Å². The quantitative estimate of drug-likeness (QED) is 0.484. The molecule has 0 unspecified atom stereocenters. The second kappa shape index (κ2) is 8.84. The molecule has 5 rings (SSSR count). The van der Waals surface area contributed by atoms with Gasteiger partial charge in [0.15, 0.2) is 0 Å². The van der Waals surface area contributed by atoms with Crippen LogP contribution in [0.5, 0.6) is 0 Å². The average Bonchev–Trinajstić information content (AvgIpc) is 3.40. The number of nitrogens with one attached hydrogen (secondary N) is 1. The summed E-state index contributed by atoms with van der Waals surface area (Å²) < 4.78 is 29.3. The smallest absolute Gasteiger partial charge is 0.321 e. The van der Waals surface area contributed by atoms with Gasteiger partial charge in [-0.2, -0.15) is 4.31 Å². The van der Waals surface area contributed by atoms with E-state index in [1.807, 2.05) is 49.4 Å². The number of sulfonamides is 1. The van der Waals surface area contributed by atoms with Crippen molar-refractivity contribution < 1.29 is 13.2 Å². The fourth-order valence-corrected chi connectivity index (χ4v) is 5.43. The van der Waals surface area contributed by atoms with Gasteiger partial charge in [-0.1, -0.05) is 36.4 Å². The average molecular weight is 478 g/mol. The lowest BCUT2D eigenvalue weighted by Crippen LogP contribution is -2.51. The zero-order valence-electron chi connectivity index (χ0n) is 18.5. The molecule has 1 aromatic heterocycles. The summed E-state index contributed by atoms with van der Waals surface area (Å²) in [6.07, 6.45) is 1.48. The first-order chi connectivity index (χ1) is 16.4. The summed E-state index contributed by atoms with van der Waals surface area (Å²) in [5.41, 5.74) is 2.25. The predicted molar refractivity (Wildman–Crippen MR) is 127 cm³/mol. The molecule has 0 aliphatic carbocycles. The van der Waals surface area contributed by atoms with Crippen LogP contribution in [0, 0.1) is 6.92 Å². The fourth-order valence-electron chi connectivity index (χ4n) is 3.97. The Kier molecular flexibility index (Phi) is 5.72. The molecule has 0 radical (unpaired) electrons. The number of tetrazole rings is 1. The lowest BCUT2D eigenvalue weighted by molar-refractivity contribution is 0.184. The Morgan fingerprint density at radius 3 is 2.44 bits per heavy atom. The number of aromatic nitrogens is 4.